The van der Waals surface area contributed by atoms with Gasteiger partial charge in [-0.25, -0.2) is 0 Å². The zero-order chi connectivity index (χ0) is 17.6. The van der Waals surface area contributed by atoms with Crippen molar-refractivity contribution in [1.82, 2.24) is 15.5 Å². The highest BCUT2D eigenvalue weighted by Crippen LogP contribution is 2.14. The predicted octanol–water partition coefficient (Wildman–Crippen LogP) is 1.08. The Balaban J connectivity index is 1.34. The van der Waals surface area contributed by atoms with Crippen molar-refractivity contribution in [2.75, 3.05) is 32.8 Å². The minimum atomic E-state index is -0.0843. The van der Waals surface area contributed by atoms with E-state index in [-0.39, 0.29) is 24.0 Å². The van der Waals surface area contributed by atoms with Crippen molar-refractivity contribution in [3.63, 3.8) is 0 Å². The Hall–Kier alpha value is -1.86. The number of nitrogens with one attached hydrogen (secondary N) is 2. The molecule has 2 aliphatic rings. The molecule has 2 amide bonds. The summed E-state index contributed by atoms with van der Waals surface area (Å²) in [5.74, 6) is 0.601. The van der Waals surface area contributed by atoms with Crippen molar-refractivity contribution in [1.29, 1.82) is 0 Å². The van der Waals surface area contributed by atoms with Crippen LogP contribution in [0.5, 0.6) is 0 Å². The van der Waals surface area contributed by atoms with Gasteiger partial charge in [-0.05, 0) is 38.7 Å². The maximum Gasteiger partial charge on any atom is 0.255 e. The van der Waals surface area contributed by atoms with Crippen molar-refractivity contribution in [2.24, 2.45) is 0 Å². The van der Waals surface area contributed by atoms with E-state index in [0.29, 0.717) is 24.4 Å². The molecule has 3 heterocycles. The van der Waals surface area contributed by atoms with Gasteiger partial charge < -0.3 is 19.8 Å². The number of carbonyl (C=O) groups is 2. The van der Waals surface area contributed by atoms with Gasteiger partial charge in [0.05, 0.1) is 24.5 Å². The molecule has 2 N–H and O–H groups in total. The molecule has 0 spiro atoms. The summed E-state index contributed by atoms with van der Waals surface area (Å²) in [5.41, 5.74) is 0.593. The maximum absolute atomic E-state index is 12.2. The van der Waals surface area contributed by atoms with E-state index < -0.39 is 0 Å². The molecule has 0 bridgehead atoms. The largest absolute Gasteiger partial charge is 0.469 e. The first-order valence-electron chi connectivity index (χ1n) is 9.07. The smallest absolute Gasteiger partial charge is 0.255 e. The van der Waals surface area contributed by atoms with Gasteiger partial charge in [-0.2, -0.15) is 0 Å². The molecule has 0 saturated carbocycles. The number of hydrogen-bond donors (Lipinski definition) is 2. The van der Waals surface area contributed by atoms with Crippen LogP contribution in [0.2, 0.25) is 0 Å². The zero-order valence-corrected chi connectivity index (χ0v) is 14.8. The van der Waals surface area contributed by atoms with Crippen LogP contribution in [0.25, 0.3) is 0 Å². The van der Waals surface area contributed by atoms with Gasteiger partial charge in [-0.15, -0.1) is 0 Å². The summed E-state index contributed by atoms with van der Waals surface area (Å²) in [5, 5.41) is 6.01. The van der Waals surface area contributed by atoms with E-state index in [0.717, 1.165) is 45.4 Å². The van der Waals surface area contributed by atoms with Gasteiger partial charge in [0.15, 0.2) is 0 Å². The Bertz CT molecular complexity index is 587. The molecule has 138 valence electrons. The highest BCUT2D eigenvalue weighted by molar-refractivity contribution is 5.95. The van der Waals surface area contributed by atoms with Gasteiger partial charge in [0, 0.05) is 32.3 Å². The summed E-state index contributed by atoms with van der Waals surface area (Å²) in [6.07, 6.45) is 5.52. The molecule has 2 fully saturated rings. The number of aryl methyl sites for hydroxylation is 1. The van der Waals surface area contributed by atoms with E-state index in [2.05, 4.69) is 15.5 Å². The number of piperidine rings is 1. The molecule has 2 saturated heterocycles. The van der Waals surface area contributed by atoms with Crippen LogP contribution in [0.1, 0.15) is 41.8 Å². The molecular weight excluding hydrogens is 322 g/mol. The quantitative estimate of drug-likeness (QED) is 0.803. The molecule has 1 atom stereocenters. The molecule has 1 aromatic heterocycles. The fraction of sp³-hybridized carbons (Fsp3) is 0.667. The molecule has 0 aromatic carbocycles. The Morgan fingerprint density at radius 2 is 2.08 bits per heavy atom. The highest BCUT2D eigenvalue weighted by Gasteiger charge is 2.24. The summed E-state index contributed by atoms with van der Waals surface area (Å²) in [4.78, 5) is 26.4. The van der Waals surface area contributed by atoms with E-state index in [4.69, 9.17) is 9.15 Å². The van der Waals surface area contributed by atoms with Crippen molar-refractivity contribution < 1.29 is 18.7 Å². The fourth-order valence-electron chi connectivity index (χ4n) is 3.41. The van der Waals surface area contributed by atoms with Crippen molar-refractivity contribution in [2.45, 2.75) is 44.8 Å². The van der Waals surface area contributed by atoms with Crippen molar-refractivity contribution in [3.8, 4) is 0 Å². The summed E-state index contributed by atoms with van der Waals surface area (Å²) in [6, 6.07) is 1.84. The average Bonchev–Trinajstić information content (AvgIpc) is 3.26. The van der Waals surface area contributed by atoms with E-state index in [9.17, 15) is 9.59 Å². The Labute approximate surface area is 148 Å². The van der Waals surface area contributed by atoms with Crippen LogP contribution in [0.15, 0.2) is 16.7 Å². The predicted molar refractivity (Wildman–Crippen MR) is 92.4 cm³/mol. The lowest BCUT2D eigenvalue weighted by Crippen LogP contribution is -2.48. The lowest BCUT2D eigenvalue weighted by molar-refractivity contribution is -0.123. The third-order valence-corrected chi connectivity index (χ3v) is 4.94. The Kier molecular flexibility index (Phi) is 6.09. The highest BCUT2D eigenvalue weighted by atomic mass is 16.5. The van der Waals surface area contributed by atoms with Gasteiger partial charge in [0.25, 0.3) is 5.91 Å². The van der Waals surface area contributed by atoms with Crippen LogP contribution >= 0.6 is 0 Å². The number of likely N-dealkylation sites (tertiary alicyclic amines) is 1. The number of carbonyl (C=O) groups excluding carboxylic acids is 2. The monoisotopic (exact) mass is 349 g/mol. The summed E-state index contributed by atoms with van der Waals surface area (Å²) in [6.45, 7) is 5.22. The molecule has 3 rings (SSSR count). The number of furan rings is 1. The fourth-order valence-corrected chi connectivity index (χ4v) is 3.41. The van der Waals surface area contributed by atoms with Gasteiger partial charge in [-0.3, -0.25) is 14.5 Å². The molecule has 1 aromatic rings. The van der Waals surface area contributed by atoms with Gasteiger partial charge >= 0.3 is 0 Å². The second-order valence-electron chi connectivity index (χ2n) is 6.85. The van der Waals surface area contributed by atoms with E-state index in [1.165, 1.54) is 6.26 Å². The minimum Gasteiger partial charge on any atom is -0.469 e. The van der Waals surface area contributed by atoms with Crippen molar-refractivity contribution >= 4 is 11.8 Å². The lowest BCUT2D eigenvalue weighted by atomic mass is 10.0. The number of hydrogen-bond acceptors (Lipinski definition) is 5. The SMILES string of the molecule is Cc1occc1C(=O)NC1CCN(CC(=O)NC[C@H]2CCCO2)CC1. The van der Waals surface area contributed by atoms with Gasteiger partial charge in [0.1, 0.15) is 5.76 Å². The summed E-state index contributed by atoms with van der Waals surface area (Å²) in [7, 11) is 0. The average molecular weight is 349 g/mol. The third kappa shape index (κ3) is 5.06. The summed E-state index contributed by atoms with van der Waals surface area (Å²) < 4.78 is 10.7. The van der Waals surface area contributed by atoms with Gasteiger partial charge in [0.2, 0.25) is 5.91 Å². The van der Waals surface area contributed by atoms with Crippen LogP contribution in [-0.2, 0) is 9.53 Å². The molecule has 0 radical (unpaired) electrons. The van der Waals surface area contributed by atoms with E-state index in [1.54, 1.807) is 13.0 Å². The first kappa shape index (κ1) is 17.9. The van der Waals surface area contributed by atoms with Crippen molar-refractivity contribution in [3.05, 3.63) is 23.7 Å². The zero-order valence-electron chi connectivity index (χ0n) is 14.8. The molecule has 0 aliphatic carbocycles. The van der Waals surface area contributed by atoms with Crippen LogP contribution < -0.4 is 10.6 Å². The summed E-state index contributed by atoms with van der Waals surface area (Å²) >= 11 is 0. The lowest BCUT2D eigenvalue weighted by Gasteiger charge is -2.31. The first-order valence-corrected chi connectivity index (χ1v) is 9.07. The van der Waals surface area contributed by atoms with Crippen LogP contribution in [-0.4, -0.2) is 61.6 Å². The van der Waals surface area contributed by atoms with Gasteiger partial charge in [-0.1, -0.05) is 0 Å². The standard InChI is InChI=1S/C18H27N3O4/c1-13-16(6-10-24-13)18(23)20-14-4-7-21(8-5-14)12-17(22)19-11-15-3-2-9-25-15/h6,10,14-15H,2-5,7-9,11-12H2,1H3,(H,19,22)(H,20,23)/t15-/m1/s1. The third-order valence-electron chi connectivity index (χ3n) is 4.94. The molecule has 7 heteroatoms. The molecule has 25 heavy (non-hydrogen) atoms. The normalized spacial score (nSPS) is 22.0. The first-order chi connectivity index (χ1) is 12.1. The minimum absolute atomic E-state index is 0.0482. The van der Waals surface area contributed by atoms with Crippen LogP contribution in [0.3, 0.4) is 0 Å². The Morgan fingerprint density at radius 1 is 1.28 bits per heavy atom. The van der Waals surface area contributed by atoms with Crippen LogP contribution in [0.4, 0.5) is 0 Å². The van der Waals surface area contributed by atoms with E-state index >= 15 is 0 Å². The topological polar surface area (TPSA) is 83.8 Å². The Morgan fingerprint density at radius 3 is 2.72 bits per heavy atom. The molecule has 7 nitrogen and oxygen atoms in total. The maximum atomic E-state index is 12.2. The molecule has 2 aliphatic heterocycles. The number of amides is 2. The number of rotatable bonds is 6. The number of nitrogens with zero attached hydrogens (tertiary/aromatic N) is 1. The second-order valence-corrected chi connectivity index (χ2v) is 6.85. The molecular formula is C18H27N3O4. The van der Waals surface area contributed by atoms with Crippen LogP contribution in [0, 0.1) is 6.92 Å². The van der Waals surface area contributed by atoms with E-state index in [1.807, 2.05) is 0 Å². The molecule has 0 unspecified atom stereocenters. The second kappa shape index (κ2) is 8.49. The number of ether oxygens (including phenoxy) is 1.